The van der Waals surface area contributed by atoms with Crippen molar-refractivity contribution in [1.29, 1.82) is 0 Å². The van der Waals surface area contributed by atoms with Gasteiger partial charge in [-0.25, -0.2) is 4.79 Å². The quantitative estimate of drug-likeness (QED) is 0.800. The second-order valence-electron chi connectivity index (χ2n) is 5.37. The summed E-state index contributed by atoms with van der Waals surface area (Å²) in [5.74, 6) is -0.702. The average Bonchev–Trinajstić information content (AvgIpc) is 2.88. The van der Waals surface area contributed by atoms with Gasteiger partial charge in [0.15, 0.2) is 0 Å². The minimum atomic E-state index is -0.786. The van der Waals surface area contributed by atoms with Gasteiger partial charge in [0.05, 0.1) is 6.10 Å². The van der Waals surface area contributed by atoms with E-state index in [4.69, 9.17) is 9.84 Å². The lowest BCUT2D eigenvalue weighted by Gasteiger charge is -2.32. The number of nitrogens with one attached hydrogen (secondary N) is 1. The molecule has 108 valence electrons. The number of amides is 2. The molecule has 2 aliphatic rings. The van der Waals surface area contributed by atoms with Crippen LogP contribution in [-0.4, -0.2) is 54.4 Å². The topological polar surface area (TPSA) is 78.9 Å². The molecule has 0 aromatic heterocycles. The highest BCUT2D eigenvalue weighted by Gasteiger charge is 2.26. The van der Waals surface area contributed by atoms with Crippen LogP contribution in [0.5, 0.6) is 0 Å². The molecule has 2 atom stereocenters. The van der Waals surface area contributed by atoms with Gasteiger partial charge in [-0.05, 0) is 31.6 Å². The molecule has 0 spiro atoms. The third-order valence-corrected chi connectivity index (χ3v) is 3.77. The largest absolute Gasteiger partial charge is 0.481 e. The number of ether oxygens (including phenoxy) is 1. The molecule has 0 aromatic carbocycles. The van der Waals surface area contributed by atoms with Gasteiger partial charge >= 0.3 is 12.0 Å². The van der Waals surface area contributed by atoms with Crippen molar-refractivity contribution >= 4 is 12.0 Å². The number of hydrogen-bond acceptors (Lipinski definition) is 3. The fourth-order valence-corrected chi connectivity index (χ4v) is 2.78. The Balaban J connectivity index is 1.73. The molecule has 2 amide bonds. The molecule has 6 heteroatoms. The molecule has 2 N–H and O–H groups in total. The molecule has 2 aliphatic heterocycles. The van der Waals surface area contributed by atoms with Gasteiger partial charge in [0.25, 0.3) is 0 Å². The highest BCUT2D eigenvalue weighted by atomic mass is 16.5. The zero-order valence-corrected chi connectivity index (χ0v) is 11.1. The van der Waals surface area contributed by atoms with Gasteiger partial charge in [0.2, 0.25) is 0 Å². The van der Waals surface area contributed by atoms with Crippen molar-refractivity contribution in [3.05, 3.63) is 0 Å². The molecule has 6 nitrogen and oxygen atoms in total. The van der Waals surface area contributed by atoms with Crippen LogP contribution in [0.3, 0.4) is 0 Å². The number of hydrogen-bond donors (Lipinski definition) is 2. The normalized spacial score (nSPS) is 27.3. The first-order valence-corrected chi connectivity index (χ1v) is 7.01. The summed E-state index contributed by atoms with van der Waals surface area (Å²) in [7, 11) is 0. The maximum atomic E-state index is 12.0. The second kappa shape index (κ2) is 6.75. The summed E-state index contributed by atoms with van der Waals surface area (Å²) in [6.07, 6.45) is 4.12. The van der Waals surface area contributed by atoms with Gasteiger partial charge < -0.3 is 20.1 Å². The van der Waals surface area contributed by atoms with Crippen LogP contribution in [0.15, 0.2) is 0 Å². The smallest absolute Gasteiger partial charge is 0.317 e. The van der Waals surface area contributed by atoms with Crippen molar-refractivity contribution in [3.8, 4) is 0 Å². The highest BCUT2D eigenvalue weighted by molar-refractivity contribution is 5.74. The van der Waals surface area contributed by atoms with Crippen LogP contribution in [0.25, 0.3) is 0 Å². The van der Waals surface area contributed by atoms with Crippen molar-refractivity contribution in [2.45, 2.75) is 38.2 Å². The number of nitrogens with zero attached hydrogens (tertiary/aromatic N) is 1. The Kier molecular flexibility index (Phi) is 5.01. The van der Waals surface area contributed by atoms with E-state index >= 15 is 0 Å². The third kappa shape index (κ3) is 4.38. The van der Waals surface area contributed by atoms with Crippen LogP contribution in [0.4, 0.5) is 4.79 Å². The lowest BCUT2D eigenvalue weighted by Crippen LogP contribution is -2.47. The van der Waals surface area contributed by atoms with Crippen LogP contribution < -0.4 is 5.32 Å². The summed E-state index contributed by atoms with van der Waals surface area (Å²) in [6.45, 7) is 2.60. The summed E-state index contributed by atoms with van der Waals surface area (Å²) in [4.78, 5) is 24.4. The summed E-state index contributed by atoms with van der Waals surface area (Å²) in [6, 6.07) is -0.0920. The fraction of sp³-hybridized carbons (Fsp3) is 0.846. The number of aliphatic carboxylic acids is 1. The van der Waals surface area contributed by atoms with Gasteiger partial charge in [-0.1, -0.05) is 0 Å². The Hall–Kier alpha value is -1.30. The van der Waals surface area contributed by atoms with E-state index in [-0.39, 0.29) is 24.5 Å². The molecule has 0 aliphatic carbocycles. The molecule has 2 rings (SSSR count). The number of urea groups is 1. The predicted octanol–water partition coefficient (Wildman–Crippen LogP) is 1.06. The van der Waals surface area contributed by atoms with Crippen molar-refractivity contribution in [1.82, 2.24) is 10.2 Å². The first-order valence-electron chi connectivity index (χ1n) is 7.01. The van der Waals surface area contributed by atoms with Gasteiger partial charge in [-0.2, -0.15) is 0 Å². The Morgan fingerprint density at radius 1 is 1.32 bits per heavy atom. The van der Waals surface area contributed by atoms with E-state index in [0.29, 0.717) is 19.6 Å². The fourth-order valence-electron chi connectivity index (χ4n) is 2.78. The van der Waals surface area contributed by atoms with E-state index in [1.54, 1.807) is 4.90 Å². The third-order valence-electron chi connectivity index (χ3n) is 3.77. The molecule has 0 radical (unpaired) electrons. The Morgan fingerprint density at radius 2 is 2.16 bits per heavy atom. The van der Waals surface area contributed by atoms with Crippen molar-refractivity contribution in [3.63, 3.8) is 0 Å². The highest BCUT2D eigenvalue weighted by Crippen LogP contribution is 2.19. The zero-order chi connectivity index (χ0) is 13.7. The van der Waals surface area contributed by atoms with Crippen molar-refractivity contribution in [2.24, 2.45) is 5.92 Å². The summed E-state index contributed by atoms with van der Waals surface area (Å²) >= 11 is 0. The molecule has 19 heavy (non-hydrogen) atoms. The lowest BCUT2D eigenvalue weighted by molar-refractivity contribution is -0.138. The zero-order valence-electron chi connectivity index (χ0n) is 11.1. The molecular formula is C13H22N2O4. The molecule has 0 saturated carbocycles. The van der Waals surface area contributed by atoms with Crippen molar-refractivity contribution in [2.75, 3.05) is 26.2 Å². The number of piperidine rings is 1. The Morgan fingerprint density at radius 3 is 2.84 bits per heavy atom. The first kappa shape index (κ1) is 14.1. The van der Waals surface area contributed by atoms with Crippen LogP contribution in [0, 0.1) is 5.92 Å². The SMILES string of the molecule is O=C(O)CC1CCCN(C(=O)NCC2CCCO2)C1. The summed E-state index contributed by atoms with van der Waals surface area (Å²) in [5.41, 5.74) is 0. The van der Waals surface area contributed by atoms with E-state index in [0.717, 1.165) is 32.3 Å². The van der Waals surface area contributed by atoms with E-state index in [9.17, 15) is 9.59 Å². The monoisotopic (exact) mass is 270 g/mol. The Labute approximate surface area is 113 Å². The van der Waals surface area contributed by atoms with E-state index < -0.39 is 5.97 Å². The number of rotatable bonds is 4. The van der Waals surface area contributed by atoms with Crippen LogP contribution >= 0.6 is 0 Å². The number of carboxylic acid groups (broad SMARTS) is 1. The van der Waals surface area contributed by atoms with E-state index in [1.165, 1.54) is 0 Å². The van der Waals surface area contributed by atoms with Crippen molar-refractivity contribution < 1.29 is 19.4 Å². The second-order valence-corrected chi connectivity index (χ2v) is 5.37. The van der Waals surface area contributed by atoms with Gasteiger partial charge in [0, 0.05) is 32.7 Å². The number of carboxylic acids is 1. The molecule has 2 unspecified atom stereocenters. The Bertz CT molecular complexity index is 329. The first-order chi connectivity index (χ1) is 9.15. The van der Waals surface area contributed by atoms with Gasteiger partial charge in [0.1, 0.15) is 0 Å². The molecule has 0 aromatic rings. The number of likely N-dealkylation sites (tertiary alicyclic amines) is 1. The maximum Gasteiger partial charge on any atom is 0.317 e. The van der Waals surface area contributed by atoms with Crippen LogP contribution in [0.1, 0.15) is 32.1 Å². The standard InChI is InChI=1S/C13H22N2O4/c16-12(17)7-10-3-1-5-15(9-10)13(18)14-8-11-4-2-6-19-11/h10-11H,1-9H2,(H,14,18)(H,16,17). The number of carbonyl (C=O) groups is 2. The summed E-state index contributed by atoms with van der Waals surface area (Å²) in [5, 5.41) is 11.7. The van der Waals surface area contributed by atoms with Crippen LogP contribution in [0.2, 0.25) is 0 Å². The van der Waals surface area contributed by atoms with E-state index in [2.05, 4.69) is 5.32 Å². The summed E-state index contributed by atoms with van der Waals surface area (Å²) < 4.78 is 5.45. The molecule has 0 bridgehead atoms. The maximum absolute atomic E-state index is 12.0. The molecular weight excluding hydrogens is 248 g/mol. The molecule has 2 fully saturated rings. The number of carbonyl (C=O) groups excluding carboxylic acids is 1. The van der Waals surface area contributed by atoms with Gasteiger partial charge in [-0.15, -0.1) is 0 Å². The molecule has 2 saturated heterocycles. The minimum Gasteiger partial charge on any atom is -0.481 e. The minimum absolute atomic E-state index is 0.0831. The van der Waals surface area contributed by atoms with E-state index in [1.807, 2.05) is 0 Å². The molecule has 2 heterocycles. The average molecular weight is 270 g/mol. The predicted molar refractivity (Wildman–Crippen MR) is 68.9 cm³/mol. The lowest BCUT2D eigenvalue weighted by atomic mass is 9.95. The van der Waals surface area contributed by atoms with Crippen LogP contribution in [-0.2, 0) is 9.53 Å². The van der Waals surface area contributed by atoms with Gasteiger partial charge in [-0.3, -0.25) is 4.79 Å².